The van der Waals surface area contributed by atoms with E-state index in [0.29, 0.717) is 31.0 Å². The van der Waals surface area contributed by atoms with Gasteiger partial charge in [-0.05, 0) is 37.5 Å². The normalized spacial score (nSPS) is 20.0. The summed E-state index contributed by atoms with van der Waals surface area (Å²) in [5.74, 6) is 0.253. The Morgan fingerprint density at radius 2 is 2.19 bits per heavy atom. The first-order valence-electron chi connectivity index (χ1n) is 8.81. The van der Waals surface area contributed by atoms with Gasteiger partial charge in [-0.1, -0.05) is 6.07 Å². The summed E-state index contributed by atoms with van der Waals surface area (Å²) >= 11 is 0. The van der Waals surface area contributed by atoms with Gasteiger partial charge in [-0.25, -0.2) is 8.42 Å². The van der Waals surface area contributed by atoms with Crippen molar-refractivity contribution < 1.29 is 17.9 Å². The molecule has 0 radical (unpaired) electrons. The third-order valence-electron chi connectivity index (χ3n) is 4.24. The Hall–Kier alpha value is -1.97. The topological polar surface area (TPSA) is 109 Å². The van der Waals surface area contributed by atoms with Gasteiger partial charge in [0.25, 0.3) is 10.0 Å². The third-order valence-corrected chi connectivity index (χ3v) is 5.62. The fourth-order valence-electron chi connectivity index (χ4n) is 2.94. The van der Waals surface area contributed by atoms with Crippen LogP contribution in [0.25, 0.3) is 0 Å². The van der Waals surface area contributed by atoms with Crippen molar-refractivity contribution in [3.8, 4) is 0 Å². The lowest BCUT2D eigenvalue weighted by atomic mass is 10.2. The Bertz CT molecular complexity index is 773. The van der Waals surface area contributed by atoms with Crippen molar-refractivity contribution >= 4 is 27.5 Å². The Morgan fingerprint density at radius 3 is 2.92 bits per heavy atom. The summed E-state index contributed by atoms with van der Waals surface area (Å²) in [4.78, 5) is 16.2. The number of ether oxygens (including phenoxy) is 1. The summed E-state index contributed by atoms with van der Waals surface area (Å²) in [7, 11) is -3.69. The molecule has 26 heavy (non-hydrogen) atoms. The van der Waals surface area contributed by atoms with Crippen LogP contribution in [0, 0.1) is 0 Å². The number of carbonyl (C=O) groups excluding carboxylic acids is 1. The minimum atomic E-state index is -3.69. The zero-order chi connectivity index (χ0) is 18.4. The van der Waals surface area contributed by atoms with Crippen molar-refractivity contribution in [1.29, 1.82) is 0 Å². The lowest BCUT2D eigenvalue weighted by Gasteiger charge is -2.12. The van der Waals surface area contributed by atoms with E-state index < -0.39 is 10.0 Å². The Balaban J connectivity index is 1.53. The van der Waals surface area contributed by atoms with Crippen LogP contribution in [-0.4, -0.2) is 52.5 Å². The van der Waals surface area contributed by atoms with Crippen molar-refractivity contribution in [3.63, 3.8) is 0 Å². The summed E-state index contributed by atoms with van der Waals surface area (Å²) in [6.07, 6.45) is 3.72. The number of benzene rings is 1. The number of nitrogens with one attached hydrogen (secondary N) is 3. The number of nitrogens with zero attached hydrogens (tertiary/aromatic N) is 1. The number of sulfonamides is 1. The van der Waals surface area contributed by atoms with E-state index in [4.69, 9.17) is 4.74 Å². The highest BCUT2D eigenvalue weighted by atomic mass is 32.2. The predicted molar refractivity (Wildman–Crippen MR) is 98.8 cm³/mol. The zero-order valence-electron chi connectivity index (χ0n) is 14.5. The quantitative estimate of drug-likeness (QED) is 0.650. The first-order chi connectivity index (χ1) is 12.5. The Labute approximate surface area is 153 Å². The molecule has 1 fully saturated rings. The molecular formula is C17H24N4O4S. The number of hydrogen-bond donors (Lipinski definition) is 3. The van der Waals surface area contributed by atoms with Crippen LogP contribution < -0.4 is 15.4 Å². The number of anilines is 1. The maximum absolute atomic E-state index is 12.4. The fourth-order valence-corrected chi connectivity index (χ4v) is 4.07. The van der Waals surface area contributed by atoms with Crippen LogP contribution in [0.15, 0.2) is 34.2 Å². The molecule has 2 heterocycles. The minimum absolute atomic E-state index is 0.0946. The molecule has 0 aliphatic carbocycles. The molecule has 1 atom stereocenters. The number of rotatable bonds is 7. The van der Waals surface area contributed by atoms with E-state index in [0.717, 1.165) is 25.9 Å². The summed E-state index contributed by atoms with van der Waals surface area (Å²) in [6, 6.07) is 6.18. The van der Waals surface area contributed by atoms with Gasteiger partial charge in [0.05, 0.1) is 17.5 Å². The average Bonchev–Trinajstić information content (AvgIpc) is 3.29. The molecule has 1 aromatic rings. The second-order valence-corrected chi connectivity index (χ2v) is 8.06. The second kappa shape index (κ2) is 8.61. The van der Waals surface area contributed by atoms with Gasteiger partial charge in [0.2, 0.25) is 5.91 Å². The predicted octanol–water partition coefficient (Wildman–Crippen LogP) is 0.864. The first-order valence-corrected chi connectivity index (χ1v) is 10.3. The molecule has 1 aromatic carbocycles. The highest BCUT2D eigenvalue weighted by Crippen LogP contribution is 2.16. The number of amides is 1. The maximum atomic E-state index is 12.4. The molecule has 0 bridgehead atoms. The van der Waals surface area contributed by atoms with Crippen LogP contribution in [0.1, 0.15) is 25.7 Å². The molecule has 3 N–H and O–H groups in total. The lowest BCUT2D eigenvalue weighted by molar-refractivity contribution is -0.115. The Morgan fingerprint density at radius 1 is 1.31 bits per heavy atom. The standard InChI is InChI=1S/C17H24N4O4S/c22-17(12-18-11-14-5-3-9-25-14)20-13-4-1-6-15(10-13)26(23,24)21-16-7-2-8-19-16/h1,4,6,10,14,18H,2-3,5,7-9,11-12H2,(H,19,21)(H,20,22). The molecular weight excluding hydrogens is 356 g/mol. The highest BCUT2D eigenvalue weighted by Gasteiger charge is 2.19. The Kier molecular flexibility index (Phi) is 6.23. The van der Waals surface area contributed by atoms with Crippen molar-refractivity contribution in [2.45, 2.75) is 36.7 Å². The number of carbonyl (C=O) groups is 1. The SMILES string of the molecule is O=C(CNCC1CCCO1)Nc1cccc(S(=O)(=O)NC2=NCCC2)c1. The number of amidine groups is 1. The van der Waals surface area contributed by atoms with Crippen LogP contribution in [0.5, 0.6) is 0 Å². The maximum Gasteiger partial charge on any atom is 0.262 e. The molecule has 1 unspecified atom stereocenters. The molecule has 0 spiro atoms. The zero-order valence-corrected chi connectivity index (χ0v) is 15.3. The first kappa shape index (κ1) is 18.8. The van der Waals surface area contributed by atoms with Crippen LogP contribution in [-0.2, 0) is 19.6 Å². The molecule has 2 aliphatic rings. The van der Waals surface area contributed by atoms with Gasteiger partial charge in [0.1, 0.15) is 5.84 Å². The largest absolute Gasteiger partial charge is 0.377 e. The molecule has 1 amide bonds. The molecule has 3 rings (SSSR count). The second-order valence-electron chi connectivity index (χ2n) is 6.38. The van der Waals surface area contributed by atoms with Crippen molar-refractivity contribution in [2.75, 3.05) is 31.6 Å². The van der Waals surface area contributed by atoms with Crippen molar-refractivity contribution in [3.05, 3.63) is 24.3 Å². The smallest absolute Gasteiger partial charge is 0.262 e. The minimum Gasteiger partial charge on any atom is -0.377 e. The summed E-state index contributed by atoms with van der Waals surface area (Å²) < 4.78 is 32.8. The van der Waals surface area contributed by atoms with Gasteiger partial charge >= 0.3 is 0 Å². The van der Waals surface area contributed by atoms with Gasteiger partial charge in [-0.3, -0.25) is 14.5 Å². The van der Waals surface area contributed by atoms with Crippen LogP contribution in [0.2, 0.25) is 0 Å². The van der Waals surface area contributed by atoms with Crippen LogP contribution in [0.3, 0.4) is 0 Å². The summed E-state index contributed by atoms with van der Waals surface area (Å²) in [6.45, 7) is 2.20. The number of hydrogen-bond acceptors (Lipinski definition) is 6. The molecule has 142 valence electrons. The summed E-state index contributed by atoms with van der Waals surface area (Å²) in [5.41, 5.74) is 0.435. The molecule has 0 aromatic heterocycles. The van der Waals surface area contributed by atoms with Crippen LogP contribution in [0.4, 0.5) is 5.69 Å². The highest BCUT2D eigenvalue weighted by molar-refractivity contribution is 7.90. The van der Waals surface area contributed by atoms with Crippen molar-refractivity contribution in [1.82, 2.24) is 10.0 Å². The van der Waals surface area contributed by atoms with E-state index in [9.17, 15) is 13.2 Å². The molecule has 9 heteroatoms. The van der Waals surface area contributed by atoms with Gasteiger partial charge in [0, 0.05) is 31.8 Å². The van der Waals surface area contributed by atoms with Gasteiger partial charge in [0.15, 0.2) is 0 Å². The molecule has 2 aliphatic heterocycles. The van der Waals surface area contributed by atoms with Gasteiger partial charge in [-0.2, -0.15) is 0 Å². The van der Waals surface area contributed by atoms with Crippen LogP contribution >= 0.6 is 0 Å². The molecule has 1 saturated heterocycles. The number of aliphatic imine (C=N–C) groups is 1. The van der Waals surface area contributed by atoms with E-state index in [-0.39, 0.29) is 23.5 Å². The van der Waals surface area contributed by atoms with E-state index in [1.807, 2.05) is 0 Å². The van der Waals surface area contributed by atoms with Crippen molar-refractivity contribution in [2.24, 2.45) is 4.99 Å². The lowest BCUT2D eigenvalue weighted by Crippen LogP contribution is -2.33. The van der Waals surface area contributed by atoms with E-state index in [1.165, 1.54) is 12.1 Å². The van der Waals surface area contributed by atoms with E-state index in [2.05, 4.69) is 20.3 Å². The van der Waals surface area contributed by atoms with E-state index >= 15 is 0 Å². The molecule has 0 saturated carbocycles. The average molecular weight is 380 g/mol. The van der Waals surface area contributed by atoms with Gasteiger partial charge < -0.3 is 15.4 Å². The fraction of sp³-hybridized carbons (Fsp3) is 0.529. The monoisotopic (exact) mass is 380 g/mol. The third kappa shape index (κ3) is 5.26. The summed E-state index contributed by atoms with van der Waals surface area (Å²) in [5, 5.41) is 5.77. The van der Waals surface area contributed by atoms with Gasteiger partial charge in [-0.15, -0.1) is 0 Å². The molecule has 8 nitrogen and oxygen atoms in total. The van der Waals surface area contributed by atoms with E-state index in [1.54, 1.807) is 12.1 Å².